The van der Waals surface area contributed by atoms with Gasteiger partial charge < -0.3 is 15.4 Å². The van der Waals surface area contributed by atoms with Crippen molar-refractivity contribution in [2.45, 2.75) is 32.8 Å². The molecule has 1 saturated heterocycles. The van der Waals surface area contributed by atoms with E-state index in [0.717, 1.165) is 25.9 Å². The Morgan fingerprint density at radius 2 is 1.75 bits per heavy atom. The molecule has 132 valence electrons. The maximum Gasteiger partial charge on any atom is 0.338 e. The monoisotopic (exact) mass is 356 g/mol. The molecule has 1 aromatic rings. The summed E-state index contributed by atoms with van der Waals surface area (Å²) in [6.45, 7) is 4.74. The van der Waals surface area contributed by atoms with Gasteiger partial charge in [0.05, 0.1) is 5.56 Å². The van der Waals surface area contributed by atoms with Crippen LogP contribution >= 0.6 is 12.4 Å². The van der Waals surface area contributed by atoms with Crippen LogP contribution in [0.3, 0.4) is 0 Å². The Morgan fingerprint density at radius 3 is 2.29 bits per heavy atom. The van der Waals surface area contributed by atoms with Crippen molar-refractivity contribution in [3.8, 4) is 0 Å². The number of ether oxygens (including phenoxy) is 1. The first-order valence-electron chi connectivity index (χ1n) is 7.63. The smallest absolute Gasteiger partial charge is 0.338 e. The molecule has 0 atom stereocenters. The zero-order valence-corrected chi connectivity index (χ0v) is 14.5. The Labute approximate surface area is 147 Å². The van der Waals surface area contributed by atoms with E-state index in [1.807, 2.05) is 0 Å². The summed E-state index contributed by atoms with van der Waals surface area (Å²) in [4.78, 5) is 23.6. The summed E-state index contributed by atoms with van der Waals surface area (Å²) < 4.78 is 18.9. The highest BCUT2D eigenvalue weighted by molar-refractivity contribution is 6.02. The molecule has 5 nitrogen and oxygen atoms in total. The molecule has 2 N–H and O–H groups in total. The maximum atomic E-state index is 13.5. The first-order chi connectivity index (χ1) is 11.0. The van der Waals surface area contributed by atoms with Crippen molar-refractivity contribution in [3.63, 3.8) is 0 Å². The summed E-state index contributed by atoms with van der Waals surface area (Å²) in [6, 6.07) is 6.21. The van der Waals surface area contributed by atoms with Gasteiger partial charge in [-0.25, -0.2) is 9.18 Å². The Morgan fingerprint density at radius 1 is 1.17 bits per heavy atom. The number of esters is 1. The number of halogens is 2. The van der Waals surface area contributed by atoms with Gasteiger partial charge in [-0.3, -0.25) is 4.79 Å². The fraction of sp³-hybridized carbons (Fsp3) is 0.412. The minimum atomic E-state index is -0.806. The number of nitrogens with one attached hydrogen (secondary N) is 2. The molecule has 0 aromatic heterocycles. The van der Waals surface area contributed by atoms with Crippen LogP contribution in [-0.2, 0) is 9.53 Å². The molecule has 0 radical (unpaired) electrons. The maximum absolute atomic E-state index is 13.5. The van der Waals surface area contributed by atoms with Gasteiger partial charge in [0.2, 0.25) is 0 Å². The predicted molar refractivity (Wildman–Crippen MR) is 93.1 cm³/mol. The molecular weight excluding hydrogens is 335 g/mol. The third kappa shape index (κ3) is 5.62. The first kappa shape index (κ1) is 20.1. The van der Waals surface area contributed by atoms with Crippen LogP contribution in [0.15, 0.2) is 35.7 Å². The Bertz CT molecular complexity index is 607. The number of amides is 1. The van der Waals surface area contributed by atoms with Gasteiger partial charge in [0, 0.05) is 5.69 Å². The molecule has 7 heteroatoms. The molecule has 1 aliphatic heterocycles. The van der Waals surface area contributed by atoms with Gasteiger partial charge in [-0.1, -0.05) is 0 Å². The third-order valence-corrected chi connectivity index (χ3v) is 3.58. The molecule has 2 rings (SSSR count). The van der Waals surface area contributed by atoms with Crippen LogP contribution in [0.4, 0.5) is 10.1 Å². The van der Waals surface area contributed by atoms with Gasteiger partial charge >= 0.3 is 5.97 Å². The number of hydrogen-bond donors (Lipinski definition) is 2. The van der Waals surface area contributed by atoms with E-state index >= 15 is 0 Å². The average Bonchev–Trinajstić information content (AvgIpc) is 2.55. The van der Waals surface area contributed by atoms with E-state index in [1.165, 1.54) is 13.8 Å². The van der Waals surface area contributed by atoms with Gasteiger partial charge in [0.1, 0.15) is 6.10 Å². The Balaban J connectivity index is 0.00000288. The van der Waals surface area contributed by atoms with E-state index in [9.17, 15) is 14.0 Å². The Kier molecular flexibility index (Phi) is 7.88. The second kappa shape index (κ2) is 9.39. The van der Waals surface area contributed by atoms with Crippen LogP contribution in [0.5, 0.6) is 0 Å². The fourth-order valence-corrected chi connectivity index (χ4v) is 2.24. The molecular formula is C17H22ClFN2O3. The van der Waals surface area contributed by atoms with E-state index in [4.69, 9.17) is 4.74 Å². The van der Waals surface area contributed by atoms with Crippen molar-refractivity contribution in [1.29, 1.82) is 0 Å². The standard InChI is InChI=1S/C17H21FN2O3.ClH/c1-11(2)15(18)16(21)20-13-5-3-12(4-6-13)17(22)23-14-7-9-19-10-8-14;/h3-6,14,19H,7-10H2,1-2H3,(H,20,21);1H. The van der Waals surface area contributed by atoms with Gasteiger partial charge in [-0.15, -0.1) is 12.4 Å². The lowest BCUT2D eigenvalue weighted by Gasteiger charge is -2.22. The van der Waals surface area contributed by atoms with Crippen LogP contribution in [0.25, 0.3) is 0 Å². The largest absolute Gasteiger partial charge is 0.459 e. The van der Waals surface area contributed by atoms with Crippen LogP contribution in [0, 0.1) is 0 Å². The molecule has 0 unspecified atom stereocenters. The van der Waals surface area contributed by atoms with Crippen molar-refractivity contribution in [2.24, 2.45) is 0 Å². The lowest BCUT2D eigenvalue weighted by molar-refractivity contribution is -0.114. The summed E-state index contributed by atoms with van der Waals surface area (Å²) in [6.07, 6.45) is 1.55. The SMILES string of the molecule is CC(C)=C(F)C(=O)Nc1ccc(C(=O)OC2CCNCC2)cc1.Cl. The van der Waals surface area contributed by atoms with Crippen LogP contribution in [0.1, 0.15) is 37.0 Å². The van der Waals surface area contributed by atoms with Crippen molar-refractivity contribution >= 4 is 30.0 Å². The summed E-state index contributed by atoms with van der Waals surface area (Å²) in [5.74, 6) is -1.99. The number of hydrogen-bond acceptors (Lipinski definition) is 4. The van der Waals surface area contributed by atoms with Gasteiger partial charge in [-0.05, 0) is 69.6 Å². The molecule has 0 saturated carbocycles. The summed E-state index contributed by atoms with van der Waals surface area (Å²) >= 11 is 0. The Hall–Kier alpha value is -1.92. The second-order valence-corrected chi connectivity index (χ2v) is 5.70. The van der Waals surface area contributed by atoms with E-state index in [1.54, 1.807) is 24.3 Å². The summed E-state index contributed by atoms with van der Waals surface area (Å²) in [5.41, 5.74) is 1.14. The zero-order valence-electron chi connectivity index (χ0n) is 13.7. The molecule has 1 aliphatic rings. The van der Waals surface area contributed by atoms with Gasteiger partial charge in [-0.2, -0.15) is 0 Å². The van der Waals surface area contributed by atoms with Crippen LogP contribution in [-0.4, -0.2) is 31.1 Å². The highest BCUT2D eigenvalue weighted by Gasteiger charge is 2.18. The third-order valence-electron chi connectivity index (χ3n) is 3.58. The van der Waals surface area contributed by atoms with E-state index in [0.29, 0.717) is 16.8 Å². The molecule has 0 aliphatic carbocycles. The molecule has 0 spiro atoms. The van der Waals surface area contributed by atoms with E-state index in [2.05, 4.69) is 10.6 Å². The number of benzene rings is 1. The molecule has 0 bridgehead atoms. The zero-order chi connectivity index (χ0) is 16.8. The molecule has 1 heterocycles. The summed E-state index contributed by atoms with van der Waals surface area (Å²) in [5, 5.41) is 5.64. The van der Waals surface area contributed by atoms with E-state index < -0.39 is 11.7 Å². The topological polar surface area (TPSA) is 67.4 Å². The van der Waals surface area contributed by atoms with Crippen molar-refractivity contribution < 1.29 is 18.7 Å². The second-order valence-electron chi connectivity index (χ2n) is 5.70. The fourth-order valence-electron chi connectivity index (χ4n) is 2.24. The predicted octanol–water partition coefficient (Wildman–Crippen LogP) is 3.22. The van der Waals surface area contributed by atoms with Crippen molar-refractivity contribution in [2.75, 3.05) is 18.4 Å². The molecule has 1 amide bonds. The number of carbonyl (C=O) groups is 2. The number of anilines is 1. The molecule has 24 heavy (non-hydrogen) atoms. The van der Waals surface area contributed by atoms with Crippen molar-refractivity contribution in [1.82, 2.24) is 5.32 Å². The van der Waals surface area contributed by atoms with Gasteiger partial charge in [0.15, 0.2) is 5.83 Å². The average molecular weight is 357 g/mol. The normalized spacial score (nSPS) is 14.3. The molecule has 1 fully saturated rings. The number of piperidine rings is 1. The minimum Gasteiger partial charge on any atom is -0.459 e. The number of rotatable bonds is 4. The highest BCUT2D eigenvalue weighted by atomic mass is 35.5. The first-order valence-corrected chi connectivity index (χ1v) is 7.63. The van der Waals surface area contributed by atoms with Crippen LogP contribution < -0.4 is 10.6 Å². The number of carbonyl (C=O) groups excluding carboxylic acids is 2. The highest BCUT2D eigenvalue weighted by Crippen LogP contribution is 2.15. The lowest BCUT2D eigenvalue weighted by atomic mass is 10.1. The molecule has 1 aromatic carbocycles. The summed E-state index contributed by atoms with van der Waals surface area (Å²) in [7, 11) is 0. The quantitative estimate of drug-likeness (QED) is 0.642. The van der Waals surface area contributed by atoms with E-state index in [-0.39, 0.29) is 24.5 Å². The van der Waals surface area contributed by atoms with Gasteiger partial charge in [0.25, 0.3) is 5.91 Å². The lowest BCUT2D eigenvalue weighted by Crippen LogP contribution is -2.33. The van der Waals surface area contributed by atoms with Crippen molar-refractivity contribution in [3.05, 3.63) is 41.2 Å². The minimum absolute atomic E-state index is 0. The van der Waals surface area contributed by atoms with Crippen LogP contribution in [0.2, 0.25) is 0 Å². The number of allylic oxidation sites excluding steroid dienone is 1.